The lowest BCUT2D eigenvalue weighted by Gasteiger charge is -2.36. The number of esters is 2. The van der Waals surface area contributed by atoms with Crippen LogP contribution in [0.3, 0.4) is 0 Å². The largest absolute Gasteiger partial charge is 0.465 e. The van der Waals surface area contributed by atoms with Gasteiger partial charge in [-0.15, -0.1) is 22.7 Å². The molecule has 1 aliphatic rings. The molecule has 1 amide bonds. The number of nitrogens with zero attached hydrogens (tertiary/aromatic N) is 1. The van der Waals surface area contributed by atoms with E-state index >= 15 is 0 Å². The molecule has 3 rings (SSSR count). The van der Waals surface area contributed by atoms with Crippen LogP contribution in [-0.4, -0.2) is 68.5 Å². The fraction of sp³-hybridized carbons (Fsp3) is 0.538. The Bertz CT molecular complexity index is 1080. The number of ether oxygens (including phenoxy) is 2. The van der Waals surface area contributed by atoms with Crippen molar-refractivity contribution in [1.82, 2.24) is 0 Å². The van der Waals surface area contributed by atoms with Crippen LogP contribution < -0.4 is 5.32 Å². The first-order chi connectivity index (χ1) is 17.0. The van der Waals surface area contributed by atoms with Gasteiger partial charge in [0.15, 0.2) is 12.3 Å². The van der Waals surface area contributed by atoms with Gasteiger partial charge in [0.1, 0.15) is 16.3 Å². The van der Waals surface area contributed by atoms with Gasteiger partial charge in [0.25, 0.3) is 5.91 Å². The second kappa shape index (κ2) is 13.7. The third-order valence-corrected chi connectivity index (χ3v) is 8.58. The van der Waals surface area contributed by atoms with Crippen molar-refractivity contribution in [3.63, 3.8) is 0 Å². The standard InChI is InChI=1S/C18H26N2O4S.C8H10O2S/c1-13-12-25-17(18(23)24-3)16(13)19-15(22)11-20(10-14(2)21)8-6-4-5-7-9-20;1-5-4-11-7(6(5)2)8(9)10-3/h12H,4-11H2,1-3H3;4H,1-3H3/p+1. The number of thiophene rings is 2. The summed E-state index contributed by atoms with van der Waals surface area (Å²) in [6.07, 6.45) is 4.36. The second-order valence-corrected chi connectivity index (χ2v) is 11.0. The Hall–Kier alpha value is -2.56. The highest BCUT2D eigenvalue weighted by Crippen LogP contribution is 2.29. The maximum atomic E-state index is 12.7. The Kier molecular flexibility index (Phi) is 11.3. The molecule has 0 radical (unpaired) electrons. The summed E-state index contributed by atoms with van der Waals surface area (Å²) in [4.78, 5) is 48.5. The van der Waals surface area contributed by atoms with Crippen LogP contribution in [0.2, 0.25) is 0 Å². The number of rotatable bonds is 7. The van der Waals surface area contributed by atoms with E-state index in [0.29, 0.717) is 26.5 Å². The van der Waals surface area contributed by atoms with Gasteiger partial charge in [0.2, 0.25) is 0 Å². The predicted molar refractivity (Wildman–Crippen MR) is 143 cm³/mol. The van der Waals surface area contributed by atoms with E-state index in [1.807, 2.05) is 31.5 Å². The van der Waals surface area contributed by atoms with E-state index in [9.17, 15) is 19.2 Å². The molecule has 1 aliphatic heterocycles. The molecule has 1 saturated heterocycles. The number of methoxy groups -OCH3 is 2. The molecule has 0 atom stereocenters. The minimum absolute atomic E-state index is 0.108. The summed E-state index contributed by atoms with van der Waals surface area (Å²) in [5.74, 6) is -0.733. The lowest BCUT2D eigenvalue weighted by atomic mass is 10.2. The number of Topliss-reactive ketones (excluding diaryl/α,β-unsaturated/α-hetero) is 1. The van der Waals surface area contributed by atoms with Gasteiger partial charge in [-0.2, -0.15) is 0 Å². The summed E-state index contributed by atoms with van der Waals surface area (Å²) in [7, 11) is 2.73. The smallest absolute Gasteiger partial charge is 0.350 e. The number of aryl methyl sites for hydroxylation is 2. The van der Waals surface area contributed by atoms with Gasteiger partial charge in [-0.05, 0) is 73.9 Å². The van der Waals surface area contributed by atoms with Crippen LogP contribution in [0.1, 0.15) is 68.6 Å². The predicted octanol–water partition coefficient (Wildman–Crippen LogP) is 4.91. The third kappa shape index (κ3) is 7.97. The number of amides is 1. The van der Waals surface area contributed by atoms with E-state index < -0.39 is 5.97 Å². The number of nitrogens with one attached hydrogen (secondary N) is 1. The van der Waals surface area contributed by atoms with Crippen molar-refractivity contribution < 1.29 is 33.1 Å². The van der Waals surface area contributed by atoms with Crippen molar-refractivity contribution in [2.24, 2.45) is 0 Å². The average molecular weight is 538 g/mol. The topological polar surface area (TPSA) is 98.8 Å². The SMILES string of the molecule is COC(=O)c1scc(C)c1C.COC(=O)c1scc(C)c1NC(=O)C[N+]1(CC(C)=O)CCCCCC1. The summed E-state index contributed by atoms with van der Waals surface area (Å²) >= 11 is 2.70. The summed E-state index contributed by atoms with van der Waals surface area (Å²) in [5.41, 5.74) is 3.54. The Labute approximate surface area is 221 Å². The average Bonchev–Trinajstić information content (AvgIpc) is 3.26. The molecule has 0 aliphatic carbocycles. The van der Waals surface area contributed by atoms with Gasteiger partial charge in [-0.25, -0.2) is 9.59 Å². The molecule has 198 valence electrons. The highest BCUT2D eigenvalue weighted by atomic mass is 32.1. The summed E-state index contributed by atoms with van der Waals surface area (Å²) in [5, 5.41) is 6.67. The minimum atomic E-state index is -0.448. The van der Waals surface area contributed by atoms with Gasteiger partial charge >= 0.3 is 11.9 Å². The minimum Gasteiger partial charge on any atom is -0.465 e. The maximum absolute atomic E-state index is 12.7. The molecular formula is C26H37N2O6S2+. The summed E-state index contributed by atoms with van der Waals surface area (Å²) in [6, 6.07) is 0. The number of carbonyl (C=O) groups is 4. The lowest BCUT2D eigenvalue weighted by molar-refractivity contribution is -0.912. The fourth-order valence-electron chi connectivity index (χ4n) is 4.33. The van der Waals surface area contributed by atoms with E-state index in [-0.39, 0.29) is 24.2 Å². The summed E-state index contributed by atoms with van der Waals surface area (Å²) in [6.45, 7) is 9.69. The Balaban J connectivity index is 0.000000346. The van der Waals surface area contributed by atoms with E-state index in [4.69, 9.17) is 4.74 Å². The highest BCUT2D eigenvalue weighted by Gasteiger charge is 2.33. The molecule has 0 spiro atoms. The van der Waals surface area contributed by atoms with Gasteiger partial charge in [-0.1, -0.05) is 0 Å². The quantitative estimate of drug-likeness (QED) is 0.398. The molecular weight excluding hydrogens is 500 g/mol. The van der Waals surface area contributed by atoms with Crippen molar-refractivity contribution in [2.75, 3.05) is 45.7 Å². The number of likely N-dealkylation sites (tertiary alicyclic amines) is 1. The van der Waals surface area contributed by atoms with Crippen molar-refractivity contribution in [3.05, 3.63) is 37.2 Å². The maximum Gasteiger partial charge on any atom is 0.350 e. The Morgan fingerprint density at radius 3 is 1.86 bits per heavy atom. The summed E-state index contributed by atoms with van der Waals surface area (Å²) < 4.78 is 9.90. The molecule has 36 heavy (non-hydrogen) atoms. The van der Waals surface area contributed by atoms with Crippen LogP contribution in [0.15, 0.2) is 10.8 Å². The zero-order valence-electron chi connectivity index (χ0n) is 22.0. The molecule has 1 fully saturated rings. The van der Waals surface area contributed by atoms with Crippen LogP contribution in [0.25, 0.3) is 0 Å². The molecule has 0 bridgehead atoms. The third-order valence-electron chi connectivity index (χ3n) is 6.32. The van der Waals surface area contributed by atoms with E-state index in [1.54, 1.807) is 6.92 Å². The molecule has 0 saturated carbocycles. The van der Waals surface area contributed by atoms with Crippen molar-refractivity contribution in [3.8, 4) is 0 Å². The number of carbonyl (C=O) groups excluding carboxylic acids is 4. The van der Waals surface area contributed by atoms with Crippen LogP contribution in [0.4, 0.5) is 5.69 Å². The van der Waals surface area contributed by atoms with Crippen LogP contribution in [-0.2, 0) is 19.1 Å². The van der Waals surface area contributed by atoms with E-state index in [2.05, 4.69) is 10.1 Å². The van der Waals surface area contributed by atoms with Crippen LogP contribution >= 0.6 is 22.7 Å². The Morgan fingerprint density at radius 1 is 0.833 bits per heavy atom. The van der Waals surface area contributed by atoms with E-state index in [1.165, 1.54) is 36.9 Å². The molecule has 2 aromatic rings. The first-order valence-corrected chi connectivity index (χ1v) is 13.7. The monoisotopic (exact) mass is 537 g/mol. The molecule has 3 heterocycles. The van der Waals surface area contributed by atoms with Crippen molar-refractivity contribution in [2.45, 2.75) is 53.4 Å². The number of hydrogen-bond acceptors (Lipinski definition) is 8. The number of quaternary nitrogens is 1. The highest BCUT2D eigenvalue weighted by molar-refractivity contribution is 7.13. The number of hydrogen-bond donors (Lipinski definition) is 1. The van der Waals surface area contributed by atoms with Gasteiger partial charge in [0, 0.05) is 6.92 Å². The molecule has 8 nitrogen and oxygen atoms in total. The van der Waals surface area contributed by atoms with Crippen LogP contribution in [0, 0.1) is 20.8 Å². The number of anilines is 1. The Morgan fingerprint density at radius 2 is 1.36 bits per heavy atom. The lowest BCUT2D eigenvalue weighted by Crippen LogP contribution is -2.55. The van der Waals surface area contributed by atoms with Gasteiger partial charge < -0.3 is 19.3 Å². The first-order valence-electron chi connectivity index (χ1n) is 12.0. The number of ketones is 1. The normalized spacial score (nSPS) is 14.6. The molecule has 0 unspecified atom stereocenters. The van der Waals surface area contributed by atoms with Crippen molar-refractivity contribution in [1.29, 1.82) is 0 Å². The van der Waals surface area contributed by atoms with E-state index in [0.717, 1.165) is 55.5 Å². The molecule has 0 aromatic carbocycles. The van der Waals surface area contributed by atoms with Gasteiger partial charge in [-0.3, -0.25) is 9.59 Å². The van der Waals surface area contributed by atoms with Crippen LogP contribution in [0.5, 0.6) is 0 Å². The molecule has 2 aromatic heterocycles. The zero-order valence-corrected chi connectivity index (χ0v) is 23.7. The van der Waals surface area contributed by atoms with Gasteiger partial charge in [0.05, 0.1) is 33.0 Å². The molecule has 10 heteroatoms. The zero-order chi connectivity index (χ0) is 26.9. The first kappa shape index (κ1) is 29.7. The van der Waals surface area contributed by atoms with Crippen molar-refractivity contribution >= 4 is 52.0 Å². The second-order valence-electron chi connectivity index (χ2n) is 9.25. The fourth-order valence-corrected chi connectivity index (χ4v) is 6.24. The molecule has 1 N–H and O–H groups in total.